The van der Waals surface area contributed by atoms with Gasteiger partial charge in [0.25, 0.3) is 0 Å². The molecule has 0 aliphatic heterocycles. The summed E-state index contributed by atoms with van der Waals surface area (Å²) in [4.78, 5) is 0. The highest BCUT2D eigenvalue weighted by molar-refractivity contribution is 6.02. The standard InChI is InChI=1S/C40H52O6/c1-5-9-13-23-43-37-27-19-17-21-29(41)31(27)39(45-25-15-11-7-3)35-33(37)34-36(35)40(46-26-16-12-8-4)32-28(20-18-22-30(32)42)38(34)44-24-14-10-6-2/h17-22,41-42H,5-16,23-26H2,1-4H3. The zero-order valence-corrected chi connectivity index (χ0v) is 28.3. The molecule has 6 heteroatoms. The van der Waals surface area contributed by atoms with E-state index in [2.05, 4.69) is 27.7 Å². The van der Waals surface area contributed by atoms with Crippen LogP contribution in [-0.4, -0.2) is 36.6 Å². The molecule has 0 saturated heterocycles. The Labute approximate surface area is 273 Å². The second-order valence-electron chi connectivity index (χ2n) is 12.4. The summed E-state index contributed by atoms with van der Waals surface area (Å²) in [5.41, 5.74) is 0. The van der Waals surface area contributed by atoms with E-state index in [-0.39, 0.29) is 11.5 Å². The van der Waals surface area contributed by atoms with Crippen molar-refractivity contribution in [2.75, 3.05) is 26.4 Å². The Balaban J connectivity index is 1.91. The minimum atomic E-state index is 0.155. The molecule has 0 saturated carbocycles. The van der Waals surface area contributed by atoms with Crippen molar-refractivity contribution in [2.24, 2.45) is 0 Å². The van der Waals surface area contributed by atoms with Crippen LogP contribution in [0.25, 0.3) is 21.5 Å². The first-order valence-corrected chi connectivity index (χ1v) is 17.7. The molecule has 0 radical (unpaired) electrons. The molecule has 1 aliphatic carbocycles. The second kappa shape index (κ2) is 16.2. The number of fused-ring (bicyclic) bond motifs is 4. The maximum atomic E-state index is 11.4. The monoisotopic (exact) mass is 628 g/mol. The maximum Gasteiger partial charge on any atom is 0.139 e. The minimum Gasteiger partial charge on any atom is -0.507 e. The summed E-state index contributed by atoms with van der Waals surface area (Å²) in [5, 5.41) is 29.2. The van der Waals surface area contributed by atoms with Crippen LogP contribution in [0, 0.1) is 20.9 Å². The largest absolute Gasteiger partial charge is 0.507 e. The summed E-state index contributed by atoms with van der Waals surface area (Å²) in [5.74, 6) is 3.06. The van der Waals surface area contributed by atoms with Gasteiger partial charge in [0.1, 0.15) is 34.5 Å². The van der Waals surface area contributed by atoms with E-state index < -0.39 is 0 Å². The van der Waals surface area contributed by atoms with Gasteiger partial charge in [-0.05, 0) is 37.8 Å². The first-order valence-electron chi connectivity index (χ1n) is 17.7. The lowest BCUT2D eigenvalue weighted by Crippen LogP contribution is -2.10. The summed E-state index contributed by atoms with van der Waals surface area (Å²) in [6.07, 6.45) is 12.3. The van der Waals surface area contributed by atoms with Crippen LogP contribution in [0.3, 0.4) is 0 Å². The normalized spacial score (nSPS) is 11.7. The minimum absolute atomic E-state index is 0.155. The van der Waals surface area contributed by atoms with Crippen molar-refractivity contribution in [1.29, 1.82) is 0 Å². The number of phenols is 2. The molecule has 5 rings (SSSR count). The molecule has 0 atom stereocenters. The van der Waals surface area contributed by atoms with Crippen molar-refractivity contribution in [3.63, 3.8) is 0 Å². The van der Waals surface area contributed by atoms with Crippen LogP contribution in [0.2, 0.25) is 0 Å². The number of benzene rings is 4. The molecule has 6 nitrogen and oxygen atoms in total. The van der Waals surface area contributed by atoms with Crippen molar-refractivity contribution < 1.29 is 29.2 Å². The average Bonchev–Trinajstić information content (AvgIpc) is 3.05. The SMILES string of the molecule is CCCCCOc1c2c(c(OCCCCC)c3c(O)cccc13)=c1c(OCCCCC)c3c(O)cccc3c(OCCCCC)c1=2. The van der Waals surface area contributed by atoms with Crippen molar-refractivity contribution in [3.05, 3.63) is 57.3 Å². The Morgan fingerprint density at radius 2 is 0.717 bits per heavy atom. The maximum absolute atomic E-state index is 11.4. The lowest BCUT2D eigenvalue weighted by atomic mass is 9.90. The fourth-order valence-electron chi connectivity index (χ4n) is 6.49. The molecule has 0 bridgehead atoms. The van der Waals surface area contributed by atoms with E-state index in [1.165, 1.54) is 0 Å². The van der Waals surface area contributed by atoms with Gasteiger partial charge in [-0.25, -0.2) is 0 Å². The van der Waals surface area contributed by atoms with Crippen LogP contribution < -0.4 is 18.9 Å². The van der Waals surface area contributed by atoms with Gasteiger partial charge in [0, 0.05) is 31.6 Å². The second-order valence-corrected chi connectivity index (χ2v) is 12.4. The van der Waals surface area contributed by atoms with Crippen LogP contribution in [0.1, 0.15) is 105 Å². The number of phenolic OH excluding ortho intramolecular Hbond substituents is 2. The van der Waals surface area contributed by atoms with Crippen LogP contribution in [0.4, 0.5) is 0 Å². The summed E-state index contributed by atoms with van der Waals surface area (Å²) < 4.78 is 26.6. The van der Waals surface area contributed by atoms with Gasteiger partial charge in [0.05, 0.1) is 37.2 Å². The number of hydrogen-bond acceptors (Lipinski definition) is 6. The molecule has 248 valence electrons. The lowest BCUT2D eigenvalue weighted by molar-refractivity contribution is 0.290. The highest BCUT2D eigenvalue weighted by Gasteiger charge is 2.28. The Hall–Kier alpha value is -3.80. The Kier molecular flexibility index (Phi) is 11.8. The van der Waals surface area contributed by atoms with Crippen LogP contribution >= 0.6 is 0 Å². The third-order valence-corrected chi connectivity index (χ3v) is 8.91. The molecular formula is C40H52O6. The molecule has 0 spiro atoms. The molecule has 0 heterocycles. The smallest absolute Gasteiger partial charge is 0.139 e. The number of hydrogen-bond donors (Lipinski definition) is 2. The molecule has 0 aromatic heterocycles. The van der Waals surface area contributed by atoms with E-state index >= 15 is 0 Å². The Morgan fingerprint density at radius 1 is 0.413 bits per heavy atom. The van der Waals surface area contributed by atoms with Crippen molar-refractivity contribution in [3.8, 4) is 34.5 Å². The zero-order chi connectivity index (χ0) is 32.5. The van der Waals surface area contributed by atoms with Crippen LogP contribution in [0.15, 0.2) is 36.4 Å². The number of aromatic hydroxyl groups is 2. The third-order valence-electron chi connectivity index (χ3n) is 8.91. The van der Waals surface area contributed by atoms with Gasteiger partial charge >= 0.3 is 0 Å². The van der Waals surface area contributed by atoms with Gasteiger partial charge in [0.15, 0.2) is 0 Å². The van der Waals surface area contributed by atoms with E-state index in [1.54, 1.807) is 12.1 Å². The number of ether oxygens (including phenoxy) is 4. The number of rotatable bonds is 20. The van der Waals surface area contributed by atoms with Crippen molar-refractivity contribution in [1.82, 2.24) is 0 Å². The lowest BCUT2D eigenvalue weighted by Gasteiger charge is -2.24. The molecular weight excluding hydrogens is 576 g/mol. The van der Waals surface area contributed by atoms with E-state index in [1.807, 2.05) is 24.3 Å². The van der Waals surface area contributed by atoms with Gasteiger partial charge in [-0.2, -0.15) is 0 Å². The van der Waals surface area contributed by atoms with Gasteiger partial charge in [0.2, 0.25) is 0 Å². The van der Waals surface area contributed by atoms with E-state index in [0.717, 1.165) is 120 Å². The predicted molar refractivity (Wildman–Crippen MR) is 187 cm³/mol. The zero-order valence-electron chi connectivity index (χ0n) is 28.3. The molecule has 4 aromatic rings. The fraction of sp³-hybridized carbons (Fsp3) is 0.500. The highest BCUT2D eigenvalue weighted by atomic mass is 16.5. The molecule has 1 aliphatic rings. The van der Waals surface area contributed by atoms with Crippen LogP contribution in [-0.2, 0) is 0 Å². The first kappa shape index (κ1) is 33.6. The van der Waals surface area contributed by atoms with E-state index in [4.69, 9.17) is 18.9 Å². The Bertz CT molecular complexity index is 1700. The number of unbranched alkanes of at least 4 members (excludes halogenated alkanes) is 8. The van der Waals surface area contributed by atoms with Gasteiger partial charge in [-0.3, -0.25) is 0 Å². The highest BCUT2D eigenvalue weighted by Crippen LogP contribution is 2.50. The molecule has 46 heavy (non-hydrogen) atoms. The quantitative estimate of drug-likeness (QED) is 0.0835. The first-order chi connectivity index (χ1) is 22.6. The molecule has 0 fully saturated rings. The predicted octanol–water partition coefficient (Wildman–Crippen LogP) is 10.6. The summed E-state index contributed by atoms with van der Waals surface area (Å²) in [7, 11) is 0. The van der Waals surface area contributed by atoms with E-state index in [0.29, 0.717) is 48.7 Å². The van der Waals surface area contributed by atoms with Crippen molar-refractivity contribution in [2.45, 2.75) is 105 Å². The Morgan fingerprint density at radius 3 is 1.04 bits per heavy atom. The van der Waals surface area contributed by atoms with Crippen molar-refractivity contribution >= 4 is 21.5 Å². The van der Waals surface area contributed by atoms with Crippen LogP contribution in [0.5, 0.6) is 34.5 Å². The van der Waals surface area contributed by atoms with E-state index in [9.17, 15) is 10.2 Å². The molecule has 4 aromatic carbocycles. The summed E-state index contributed by atoms with van der Waals surface area (Å²) in [6, 6.07) is 11.2. The molecule has 2 N–H and O–H groups in total. The summed E-state index contributed by atoms with van der Waals surface area (Å²) in [6.45, 7) is 10.9. The van der Waals surface area contributed by atoms with Gasteiger partial charge in [-0.15, -0.1) is 0 Å². The molecule has 0 amide bonds. The fourth-order valence-corrected chi connectivity index (χ4v) is 6.49. The third kappa shape index (κ3) is 6.67. The van der Waals surface area contributed by atoms with Gasteiger partial charge in [-0.1, -0.05) is 103 Å². The molecule has 0 unspecified atom stereocenters. The summed E-state index contributed by atoms with van der Waals surface area (Å²) >= 11 is 0. The topological polar surface area (TPSA) is 77.4 Å². The average molecular weight is 629 g/mol. The van der Waals surface area contributed by atoms with Gasteiger partial charge < -0.3 is 29.2 Å².